The monoisotopic (exact) mass is 356 g/mol. The van der Waals surface area contributed by atoms with E-state index in [4.69, 9.17) is 9.15 Å². The molecule has 0 bridgehead atoms. The molecule has 1 fully saturated rings. The Kier molecular flexibility index (Phi) is 5.76. The van der Waals surface area contributed by atoms with Gasteiger partial charge in [0.25, 0.3) is 0 Å². The van der Waals surface area contributed by atoms with Gasteiger partial charge in [-0.15, -0.1) is 0 Å². The molecule has 7 nitrogen and oxygen atoms in total. The number of nitrogens with zero attached hydrogens (tertiary/aromatic N) is 3. The van der Waals surface area contributed by atoms with Crippen LogP contribution in [0.15, 0.2) is 22.8 Å². The number of anilines is 1. The Morgan fingerprint density at radius 3 is 2.77 bits per heavy atom. The van der Waals surface area contributed by atoms with E-state index >= 15 is 0 Å². The molecule has 0 aliphatic carbocycles. The van der Waals surface area contributed by atoms with Gasteiger partial charge < -0.3 is 19.0 Å². The minimum absolute atomic E-state index is 0.0915. The normalized spacial score (nSPS) is 15.0. The van der Waals surface area contributed by atoms with Crippen molar-refractivity contribution in [3.63, 3.8) is 0 Å². The number of aromatic nitrogens is 1. The van der Waals surface area contributed by atoms with Crippen LogP contribution in [-0.4, -0.2) is 48.2 Å². The van der Waals surface area contributed by atoms with Gasteiger partial charge in [0.05, 0.1) is 31.6 Å². The van der Waals surface area contributed by atoms with Gasteiger partial charge in [0.15, 0.2) is 0 Å². The van der Waals surface area contributed by atoms with Crippen LogP contribution < -0.4 is 5.32 Å². The van der Waals surface area contributed by atoms with E-state index in [9.17, 15) is 10.1 Å². The van der Waals surface area contributed by atoms with Gasteiger partial charge in [0.2, 0.25) is 5.91 Å². The molecule has 0 aromatic carbocycles. The summed E-state index contributed by atoms with van der Waals surface area (Å²) in [6.45, 7) is 8.13. The second kappa shape index (κ2) is 8.21. The van der Waals surface area contributed by atoms with Crippen molar-refractivity contribution in [1.29, 1.82) is 5.26 Å². The molecule has 1 aliphatic heterocycles. The van der Waals surface area contributed by atoms with E-state index in [1.54, 1.807) is 6.26 Å². The Labute approximate surface area is 153 Å². The van der Waals surface area contributed by atoms with E-state index in [1.165, 1.54) is 0 Å². The Hall–Kier alpha value is -2.56. The molecule has 0 saturated carbocycles. The van der Waals surface area contributed by atoms with Gasteiger partial charge >= 0.3 is 0 Å². The van der Waals surface area contributed by atoms with Gasteiger partial charge in [0.1, 0.15) is 17.6 Å². The van der Waals surface area contributed by atoms with Crippen LogP contribution in [0.25, 0.3) is 0 Å². The molecule has 7 heteroatoms. The predicted octanol–water partition coefficient (Wildman–Crippen LogP) is 2.28. The minimum atomic E-state index is -0.0915. The number of hydrogen-bond donors (Lipinski definition) is 1. The highest BCUT2D eigenvalue weighted by Gasteiger charge is 2.21. The number of rotatable bonds is 6. The van der Waals surface area contributed by atoms with Crippen LogP contribution in [0.1, 0.15) is 29.0 Å². The molecular weight excluding hydrogens is 332 g/mol. The average molecular weight is 356 g/mol. The summed E-state index contributed by atoms with van der Waals surface area (Å²) in [5.74, 6) is 1.23. The molecule has 26 heavy (non-hydrogen) atoms. The lowest BCUT2D eigenvalue weighted by molar-refractivity contribution is -0.116. The van der Waals surface area contributed by atoms with Crippen molar-refractivity contribution < 1.29 is 13.9 Å². The first kappa shape index (κ1) is 18.2. The highest BCUT2D eigenvalue weighted by Crippen LogP contribution is 2.27. The van der Waals surface area contributed by atoms with Crippen molar-refractivity contribution in [1.82, 2.24) is 9.47 Å². The van der Waals surface area contributed by atoms with Crippen LogP contribution in [0.2, 0.25) is 0 Å². The molecule has 138 valence electrons. The summed E-state index contributed by atoms with van der Waals surface area (Å²) in [4.78, 5) is 14.7. The van der Waals surface area contributed by atoms with Gasteiger partial charge in [0, 0.05) is 31.7 Å². The van der Waals surface area contributed by atoms with Crippen molar-refractivity contribution in [2.24, 2.45) is 0 Å². The third kappa shape index (κ3) is 3.98. The molecule has 0 spiro atoms. The second-order valence-electron chi connectivity index (χ2n) is 6.46. The smallest absolute Gasteiger partial charge is 0.226 e. The van der Waals surface area contributed by atoms with Gasteiger partial charge in [-0.3, -0.25) is 9.69 Å². The Morgan fingerprint density at radius 1 is 1.35 bits per heavy atom. The van der Waals surface area contributed by atoms with Crippen LogP contribution in [0.5, 0.6) is 0 Å². The van der Waals surface area contributed by atoms with E-state index in [0.29, 0.717) is 44.1 Å². The molecule has 3 rings (SSSR count). The highest BCUT2D eigenvalue weighted by atomic mass is 16.5. The molecule has 1 N–H and O–H groups in total. The molecule has 0 unspecified atom stereocenters. The summed E-state index contributed by atoms with van der Waals surface area (Å²) in [7, 11) is 0. The summed E-state index contributed by atoms with van der Waals surface area (Å²) >= 11 is 0. The Balaban J connectivity index is 1.73. The summed E-state index contributed by atoms with van der Waals surface area (Å²) in [6, 6.07) is 5.93. The standard InChI is InChI=1S/C19H24N4O3/c1-14-15(2)23(13-16-4-3-9-26-16)19(17(14)12-20)21-18(24)5-6-22-7-10-25-11-8-22/h3-4,9H,5-8,10-11,13H2,1-2H3,(H,21,24). The van der Waals surface area contributed by atoms with Crippen molar-refractivity contribution in [3.8, 4) is 6.07 Å². The quantitative estimate of drug-likeness (QED) is 0.858. The topological polar surface area (TPSA) is 83.4 Å². The van der Waals surface area contributed by atoms with E-state index < -0.39 is 0 Å². The third-order valence-corrected chi connectivity index (χ3v) is 4.85. The molecular formula is C19H24N4O3. The molecule has 1 saturated heterocycles. The summed E-state index contributed by atoms with van der Waals surface area (Å²) in [5, 5.41) is 12.5. The highest BCUT2D eigenvalue weighted by molar-refractivity contribution is 5.92. The van der Waals surface area contributed by atoms with Gasteiger partial charge in [-0.25, -0.2) is 0 Å². The molecule has 0 atom stereocenters. The molecule has 2 aromatic rings. The van der Waals surface area contributed by atoms with Crippen molar-refractivity contribution in [2.45, 2.75) is 26.8 Å². The number of amides is 1. The molecule has 1 aliphatic rings. The van der Waals surface area contributed by atoms with Gasteiger partial charge in [-0.1, -0.05) is 0 Å². The first-order valence-electron chi connectivity index (χ1n) is 8.82. The van der Waals surface area contributed by atoms with Crippen molar-refractivity contribution in [3.05, 3.63) is 41.0 Å². The zero-order valence-electron chi connectivity index (χ0n) is 15.2. The van der Waals surface area contributed by atoms with E-state index in [2.05, 4.69) is 16.3 Å². The van der Waals surface area contributed by atoms with Crippen LogP contribution in [0, 0.1) is 25.2 Å². The minimum Gasteiger partial charge on any atom is -0.467 e. The zero-order valence-corrected chi connectivity index (χ0v) is 15.2. The fourth-order valence-corrected chi connectivity index (χ4v) is 3.17. The van der Waals surface area contributed by atoms with Crippen molar-refractivity contribution in [2.75, 3.05) is 38.2 Å². The fraction of sp³-hybridized carbons (Fsp3) is 0.474. The molecule has 0 radical (unpaired) electrons. The first-order valence-corrected chi connectivity index (χ1v) is 8.82. The van der Waals surface area contributed by atoms with Crippen LogP contribution >= 0.6 is 0 Å². The second-order valence-corrected chi connectivity index (χ2v) is 6.46. The fourth-order valence-electron chi connectivity index (χ4n) is 3.17. The Morgan fingerprint density at radius 2 is 2.12 bits per heavy atom. The summed E-state index contributed by atoms with van der Waals surface area (Å²) in [5.41, 5.74) is 2.33. The van der Waals surface area contributed by atoms with Crippen LogP contribution in [-0.2, 0) is 16.1 Å². The van der Waals surface area contributed by atoms with Gasteiger partial charge in [-0.05, 0) is 31.5 Å². The van der Waals surface area contributed by atoms with E-state index in [-0.39, 0.29) is 5.91 Å². The number of hydrogen-bond acceptors (Lipinski definition) is 5. The average Bonchev–Trinajstić information content (AvgIpc) is 3.24. The number of morpholine rings is 1. The van der Waals surface area contributed by atoms with Crippen LogP contribution in [0.4, 0.5) is 5.82 Å². The van der Waals surface area contributed by atoms with E-state index in [1.807, 2.05) is 30.5 Å². The lowest BCUT2D eigenvalue weighted by Crippen LogP contribution is -2.38. The van der Waals surface area contributed by atoms with Crippen molar-refractivity contribution >= 4 is 11.7 Å². The summed E-state index contributed by atoms with van der Waals surface area (Å²) < 4.78 is 12.7. The molecule has 3 heterocycles. The first-order chi connectivity index (χ1) is 12.6. The number of nitriles is 1. The number of carbonyl (C=O) groups is 1. The number of nitrogens with one attached hydrogen (secondary N) is 1. The maximum atomic E-state index is 12.5. The van der Waals surface area contributed by atoms with Crippen LogP contribution in [0.3, 0.4) is 0 Å². The lowest BCUT2D eigenvalue weighted by atomic mass is 10.2. The maximum absolute atomic E-state index is 12.5. The zero-order chi connectivity index (χ0) is 18.5. The number of furan rings is 1. The molecule has 2 aromatic heterocycles. The predicted molar refractivity (Wildman–Crippen MR) is 96.9 cm³/mol. The van der Waals surface area contributed by atoms with E-state index in [0.717, 1.165) is 30.1 Å². The third-order valence-electron chi connectivity index (χ3n) is 4.85. The molecule has 1 amide bonds. The number of carbonyl (C=O) groups excluding carboxylic acids is 1. The van der Waals surface area contributed by atoms with Gasteiger partial charge in [-0.2, -0.15) is 5.26 Å². The SMILES string of the molecule is Cc1c(C#N)c(NC(=O)CCN2CCOCC2)n(Cc2ccco2)c1C. The largest absolute Gasteiger partial charge is 0.467 e. The summed E-state index contributed by atoms with van der Waals surface area (Å²) in [6.07, 6.45) is 2.00. The number of ether oxygens (including phenoxy) is 1. The Bertz CT molecular complexity index is 796. The maximum Gasteiger partial charge on any atom is 0.226 e. The lowest BCUT2D eigenvalue weighted by Gasteiger charge is -2.26.